The van der Waals surface area contributed by atoms with Gasteiger partial charge in [-0.2, -0.15) is 0 Å². The second-order valence-electron chi connectivity index (χ2n) is 4.58. The molecule has 0 fully saturated rings. The third-order valence-corrected chi connectivity index (χ3v) is 2.64. The van der Waals surface area contributed by atoms with Crippen molar-refractivity contribution in [2.75, 3.05) is 5.32 Å². The summed E-state index contributed by atoms with van der Waals surface area (Å²) in [4.78, 5) is 4.10. The van der Waals surface area contributed by atoms with Crippen LogP contribution in [0.1, 0.15) is 19.4 Å². The van der Waals surface area contributed by atoms with Gasteiger partial charge in [0, 0.05) is 18.3 Å². The highest BCUT2D eigenvalue weighted by Gasteiger charge is 2.10. The normalized spacial score (nSPS) is 10.7. The van der Waals surface area contributed by atoms with Gasteiger partial charge in [-0.05, 0) is 38.1 Å². The lowest BCUT2D eigenvalue weighted by Gasteiger charge is -2.14. The molecule has 0 aliphatic carbocycles. The SMILES string of the molecule is CC(C)Oc1ncccc1NCc1c(F)cccc1F. The molecular formula is C15H16F2N2O. The molecule has 0 spiro atoms. The van der Waals surface area contributed by atoms with Crippen molar-refractivity contribution in [3.63, 3.8) is 0 Å². The molecule has 1 aromatic heterocycles. The Morgan fingerprint density at radius 1 is 1.15 bits per heavy atom. The van der Waals surface area contributed by atoms with Gasteiger partial charge in [-0.25, -0.2) is 13.8 Å². The zero-order chi connectivity index (χ0) is 14.5. The van der Waals surface area contributed by atoms with Crippen LogP contribution in [0.4, 0.5) is 14.5 Å². The maximum atomic E-state index is 13.5. The molecule has 2 aromatic rings. The fraction of sp³-hybridized carbons (Fsp3) is 0.267. The van der Waals surface area contributed by atoms with E-state index in [2.05, 4.69) is 10.3 Å². The van der Waals surface area contributed by atoms with Crippen molar-refractivity contribution in [2.24, 2.45) is 0 Å². The summed E-state index contributed by atoms with van der Waals surface area (Å²) in [7, 11) is 0. The highest BCUT2D eigenvalue weighted by Crippen LogP contribution is 2.23. The maximum Gasteiger partial charge on any atom is 0.237 e. The third-order valence-electron chi connectivity index (χ3n) is 2.64. The van der Waals surface area contributed by atoms with E-state index in [1.54, 1.807) is 18.3 Å². The van der Waals surface area contributed by atoms with Gasteiger partial charge in [0.25, 0.3) is 0 Å². The largest absolute Gasteiger partial charge is 0.473 e. The molecule has 1 heterocycles. The average molecular weight is 278 g/mol. The van der Waals surface area contributed by atoms with Gasteiger partial charge in [-0.3, -0.25) is 0 Å². The summed E-state index contributed by atoms with van der Waals surface area (Å²) < 4.78 is 32.6. The van der Waals surface area contributed by atoms with E-state index in [0.717, 1.165) is 0 Å². The van der Waals surface area contributed by atoms with Gasteiger partial charge in [-0.15, -0.1) is 0 Å². The molecule has 1 aromatic carbocycles. The quantitative estimate of drug-likeness (QED) is 0.904. The Morgan fingerprint density at radius 3 is 2.50 bits per heavy atom. The van der Waals surface area contributed by atoms with Gasteiger partial charge in [0.05, 0.1) is 11.8 Å². The number of hydrogen-bond donors (Lipinski definition) is 1. The number of ether oxygens (including phenoxy) is 1. The Balaban J connectivity index is 2.15. The van der Waals surface area contributed by atoms with Crippen LogP contribution in [0.5, 0.6) is 5.88 Å². The molecule has 0 radical (unpaired) electrons. The van der Waals surface area contributed by atoms with Gasteiger partial charge in [0.15, 0.2) is 0 Å². The average Bonchev–Trinajstić information content (AvgIpc) is 2.39. The molecule has 0 saturated carbocycles. The van der Waals surface area contributed by atoms with Crippen molar-refractivity contribution in [1.29, 1.82) is 0 Å². The van der Waals surface area contributed by atoms with E-state index in [1.807, 2.05) is 13.8 Å². The topological polar surface area (TPSA) is 34.1 Å². The maximum absolute atomic E-state index is 13.5. The summed E-state index contributed by atoms with van der Waals surface area (Å²) in [6, 6.07) is 7.28. The Morgan fingerprint density at radius 2 is 1.85 bits per heavy atom. The van der Waals surface area contributed by atoms with E-state index in [0.29, 0.717) is 11.6 Å². The van der Waals surface area contributed by atoms with Crippen LogP contribution < -0.4 is 10.1 Å². The Hall–Kier alpha value is -2.17. The number of rotatable bonds is 5. The van der Waals surface area contributed by atoms with Crippen molar-refractivity contribution in [2.45, 2.75) is 26.5 Å². The Labute approximate surface area is 116 Å². The summed E-state index contributed by atoms with van der Waals surface area (Å²) in [5.41, 5.74) is 0.593. The number of nitrogens with one attached hydrogen (secondary N) is 1. The Bertz CT molecular complexity index is 568. The molecule has 5 heteroatoms. The summed E-state index contributed by atoms with van der Waals surface area (Å²) in [6.45, 7) is 3.79. The molecular weight excluding hydrogens is 262 g/mol. The summed E-state index contributed by atoms with van der Waals surface area (Å²) in [5, 5.41) is 2.95. The van der Waals surface area contributed by atoms with Crippen LogP contribution in [-0.2, 0) is 6.54 Å². The zero-order valence-corrected chi connectivity index (χ0v) is 11.4. The summed E-state index contributed by atoms with van der Waals surface area (Å²) in [5.74, 6) is -0.736. The van der Waals surface area contributed by atoms with E-state index in [-0.39, 0.29) is 18.2 Å². The van der Waals surface area contributed by atoms with Gasteiger partial charge < -0.3 is 10.1 Å². The van der Waals surface area contributed by atoms with Crippen LogP contribution in [-0.4, -0.2) is 11.1 Å². The number of benzene rings is 1. The first-order chi connectivity index (χ1) is 9.58. The van der Waals surface area contributed by atoms with Crippen LogP contribution in [0.3, 0.4) is 0 Å². The first kappa shape index (κ1) is 14.2. The van der Waals surface area contributed by atoms with Crippen LogP contribution in [0.15, 0.2) is 36.5 Å². The first-order valence-electron chi connectivity index (χ1n) is 6.36. The van der Waals surface area contributed by atoms with E-state index >= 15 is 0 Å². The van der Waals surface area contributed by atoms with Gasteiger partial charge >= 0.3 is 0 Å². The van der Waals surface area contributed by atoms with Crippen LogP contribution in [0.2, 0.25) is 0 Å². The fourth-order valence-corrected chi connectivity index (χ4v) is 1.73. The molecule has 0 bridgehead atoms. The molecule has 2 rings (SSSR count). The van der Waals surface area contributed by atoms with E-state index in [4.69, 9.17) is 4.74 Å². The van der Waals surface area contributed by atoms with Crippen molar-refractivity contribution in [3.8, 4) is 5.88 Å². The molecule has 3 nitrogen and oxygen atoms in total. The molecule has 0 atom stereocenters. The summed E-state index contributed by atoms with van der Waals surface area (Å²) in [6.07, 6.45) is 1.57. The predicted octanol–water partition coefficient (Wildman–Crippen LogP) is 3.76. The monoisotopic (exact) mass is 278 g/mol. The van der Waals surface area contributed by atoms with Gasteiger partial charge in [0.2, 0.25) is 5.88 Å². The van der Waals surface area contributed by atoms with E-state index < -0.39 is 11.6 Å². The molecule has 0 amide bonds. The summed E-state index contributed by atoms with van der Waals surface area (Å²) >= 11 is 0. The standard InChI is InChI=1S/C15H16F2N2O/c1-10(2)20-15-14(7-4-8-18-15)19-9-11-12(16)5-3-6-13(11)17/h3-8,10,19H,9H2,1-2H3. The lowest BCUT2D eigenvalue weighted by atomic mass is 10.2. The lowest BCUT2D eigenvalue weighted by molar-refractivity contribution is 0.234. The number of anilines is 1. The molecule has 0 aliphatic rings. The van der Waals surface area contributed by atoms with Crippen LogP contribution >= 0.6 is 0 Å². The second kappa shape index (κ2) is 6.32. The van der Waals surface area contributed by atoms with E-state index in [1.165, 1.54) is 18.2 Å². The zero-order valence-electron chi connectivity index (χ0n) is 11.4. The minimum Gasteiger partial charge on any atom is -0.473 e. The molecule has 106 valence electrons. The molecule has 20 heavy (non-hydrogen) atoms. The van der Waals surface area contributed by atoms with Crippen molar-refractivity contribution in [1.82, 2.24) is 4.98 Å². The molecule has 1 N–H and O–H groups in total. The van der Waals surface area contributed by atoms with E-state index in [9.17, 15) is 8.78 Å². The fourth-order valence-electron chi connectivity index (χ4n) is 1.73. The van der Waals surface area contributed by atoms with Crippen molar-refractivity contribution in [3.05, 3.63) is 53.7 Å². The number of pyridine rings is 1. The van der Waals surface area contributed by atoms with Crippen molar-refractivity contribution < 1.29 is 13.5 Å². The van der Waals surface area contributed by atoms with Crippen LogP contribution in [0, 0.1) is 11.6 Å². The van der Waals surface area contributed by atoms with Crippen LogP contribution in [0.25, 0.3) is 0 Å². The van der Waals surface area contributed by atoms with Crippen molar-refractivity contribution >= 4 is 5.69 Å². The highest BCUT2D eigenvalue weighted by atomic mass is 19.1. The van der Waals surface area contributed by atoms with Gasteiger partial charge in [0.1, 0.15) is 11.6 Å². The van der Waals surface area contributed by atoms with Gasteiger partial charge in [-0.1, -0.05) is 6.07 Å². The minimum absolute atomic E-state index is 0.00755. The second-order valence-corrected chi connectivity index (χ2v) is 4.58. The third kappa shape index (κ3) is 3.44. The number of nitrogens with zero attached hydrogens (tertiary/aromatic N) is 1. The number of hydrogen-bond acceptors (Lipinski definition) is 3. The highest BCUT2D eigenvalue weighted by molar-refractivity contribution is 5.52. The lowest BCUT2D eigenvalue weighted by Crippen LogP contribution is -2.11. The molecule has 0 aliphatic heterocycles. The number of halogens is 2. The Kier molecular flexibility index (Phi) is 4.50. The smallest absolute Gasteiger partial charge is 0.237 e. The minimum atomic E-state index is -0.576. The first-order valence-corrected chi connectivity index (χ1v) is 6.36. The molecule has 0 saturated heterocycles. The molecule has 0 unspecified atom stereocenters. The number of aromatic nitrogens is 1. The predicted molar refractivity (Wildman–Crippen MR) is 73.7 cm³/mol.